The lowest BCUT2D eigenvalue weighted by molar-refractivity contribution is -0.384. The summed E-state index contributed by atoms with van der Waals surface area (Å²) in [5.41, 5.74) is -1.35. The maximum atomic E-state index is 12.8. The minimum Gasteiger partial charge on any atom is -0.362 e. The fourth-order valence-electron chi connectivity index (χ4n) is 2.84. The van der Waals surface area contributed by atoms with Crippen molar-refractivity contribution in [2.24, 2.45) is 0 Å². The Balaban J connectivity index is 1.78. The van der Waals surface area contributed by atoms with Gasteiger partial charge in [0.2, 0.25) is 0 Å². The first kappa shape index (κ1) is 18.4. The van der Waals surface area contributed by atoms with E-state index in [1.54, 1.807) is 11.1 Å². The van der Waals surface area contributed by atoms with E-state index in [0.29, 0.717) is 32.2 Å². The molecule has 0 radical (unpaired) electrons. The quantitative estimate of drug-likeness (QED) is 0.541. The van der Waals surface area contributed by atoms with E-state index in [4.69, 9.17) is 0 Å². The number of hydrogen-bond donors (Lipinski definition) is 0. The maximum Gasteiger partial charge on any atom is 0.416 e. The normalized spacial score (nSPS) is 15.2. The molecule has 2 aromatic rings. The minimum absolute atomic E-state index is 0.200. The highest BCUT2D eigenvalue weighted by Crippen LogP contribution is 2.36. The van der Waals surface area contributed by atoms with E-state index in [9.17, 15) is 23.3 Å². The number of hydrogen-bond acceptors (Lipinski definition) is 5. The Morgan fingerprint density at radius 2 is 1.73 bits per heavy atom. The number of nitro groups is 1. The van der Waals surface area contributed by atoms with Crippen molar-refractivity contribution in [2.75, 3.05) is 36.0 Å². The highest BCUT2D eigenvalue weighted by atomic mass is 79.9. The maximum absolute atomic E-state index is 12.8. The second-order valence-corrected chi connectivity index (χ2v) is 6.68. The minimum atomic E-state index is -4.62. The summed E-state index contributed by atoms with van der Waals surface area (Å²) in [5.74, 6) is 0.787. The molecule has 10 heteroatoms. The van der Waals surface area contributed by atoms with Crippen LogP contribution < -0.4 is 9.80 Å². The fourth-order valence-corrected chi connectivity index (χ4v) is 3.08. The SMILES string of the molecule is O=[N+]([O-])c1cc(C(F)(F)F)ccc1N1CCN(c2ccc(Br)cn2)CC1. The van der Waals surface area contributed by atoms with Crippen LogP contribution >= 0.6 is 15.9 Å². The van der Waals surface area contributed by atoms with Gasteiger partial charge in [-0.05, 0) is 40.2 Å². The van der Waals surface area contributed by atoms with E-state index >= 15 is 0 Å². The zero-order valence-electron chi connectivity index (χ0n) is 13.4. The van der Waals surface area contributed by atoms with Gasteiger partial charge < -0.3 is 9.80 Å². The second kappa shape index (κ2) is 7.10. The molecule has 0 amide bonds. The van der Waals surface area contributed by atoms with Gasteiger partial charge in [-0.25, -0.2) is 4.98 Å². The van der Waals surface area contributed by atoms with Gasteiger partial charge in [-0.3, -0.25) is 10.1 Å². The molecule has 1 aromatic heterocycles. The molecule has 0 N–H and O–H groups in total. The molecule has 138 valence electrons. The van der Waals surface area contributed by atoms with Crippen LogP contribution in [0.15, 0.2) is 41.0 Å². The van der Waals surface area contributed by atoms with Crippen LogP contribution in [0.2, 0.25) is 0 Å². The van der Waals surface area contributed by atoms with Crippen molar-refractivity contribution < 1.29 is 18.1 Å². The van der Waals surface area contributed by atoms with Crippen molar-refractivity contribution in [1.82, 2.24) is 4.98 Å². The predicted octanol–water partition coefficient (Wildman–Crippen LogP) is 4.10. The van der Waals surface area contributed by atoms with E-state index in [1.165, 1.54) is 6.07 Å². The van der Waals surface area contributed by atoms with Crippen molar-refractivity contribution in [1.29, 1.82) is 0 Å². The Hall–Kier alpha value is -2.36. The van der Waals surface area contributed by atoms with Gasteiger partial charge in [0, 0.05) is 42.9 Å². The summed E-state index contributed by atoms with van der Waals surface area (Å²) in [6.45, 7) is 2.02. The summed E-state index contributed by atoms with van der Waals surface area (Å²) < 4.78 is 39.3. The topological polar surface area (TPSA) is 62.5 Å². The lowest BCUT2D eigenvalue weighted by Crippen LogP contribution is -2.47. The van der Waals surface area contributed by atoms with Crippen molar-refractivity contribution in [2.45, 2.75) is 6.18 Å². The van der Waals surface area contributed by atoms with Crippen LogP contribution in [-0.4, -0.2) is 36.1 Å². The average molecular weight is 431 g/mol. The molecule has 6 nitrogen and oxygen atoms in total. The van der Waals surface area contributed by atoms with Gasteiger partial charge in [0.05, 0.1) is 10.5 Å². The van der Waals surface area contributed by atoms with Crippen LogP contribution in [0.5, 0.6) is 0 Å². The lowest BCUT2D eigenvalue weighted by atomic mass is 10.1. The molecule has 2 heterocycles. The molecule has 0 unspecified atom stereocenters. The van der Waals surface area contributed by atoms with Gasteiger partial charge in [-0.15, -0.1) is 0 Å². The number of nitrogens with zero attached hydrogens (tertiary/aromatic N) is 4. The van der Waals surface area contributed by atoms with Crippen molar-refractivity contribution in [3.8, 4) is 0 Å². The number of pyridine rings is 1. The summed E-state index contributed by atoms with van der Waals surface area (Å²) in [6.07, 6.45) is -2.93. The highest BCUT2D eigenvalue weighted by Gasteiger charge is 2.34. The number of anilines is 2. The molecule has 1 aromatic carbocycles. The lowest BCUT2D eigenvalue weighted by Gasteiger charge is -2.36. The van der Waals surface area contributed by atoms with E-state index in [0.717, 1.165) is 16.4 Å². The van der Waals surface area contributed by atoms with E-state index in [-0.39, 0.29) is 5.69 Å². The largest absolute Gasteiger partial charge is 0.416 e. The predicted molar refractivity (Wildman–Crippen MR) is 94.5 cm³/mol. The number of nitro benzene ring substituents is 1. The summed E-state index contributed by atoms with van der Waals surface area (Å²) in [5, 5.41) is 11.2. The number of benzene rings is 1. The van der Waals surface area contributed by atoms with E-state index < -0.39 is 22.4 Å². The molecule has 1 fully saturated rings. The molecule has 3 rings (SSSR count). The van der Waals surface area contributed by atoms with Crippen molar-refractivity contribution in [3.05, 3.63) is 56.7 Å². The fraction of sp³-hybridized carbons (Fsp3) is 0.312. The number of aromatic nitrogens is 1. The van der Waals surface area contributed by atoms with Crippen LogP contribution in [0, 0.1) is 10.1 Å². The Morgan fingerprint density at radius 3 is 2.27 bits per heavy atom. The average Bonchev–Trinajstić information content (AvgIpc) is 2.61. The Kier molecular flexibility index (Phi) is 5.03. The summed E-state index contributed by atoms with van der Waals surface area (Å²) in [6, 6.07) is 6.38. The van der Waals surface area contributed by atoms with Gasteiger partial charge in [-0.2, -0.15) is 13.2 Å². The van der Waals surface area contributed by atoms with Crippen LogP contribution in [0.1, 0.15) is 5.56 Å². The molecule has 1 aliphatic heterocycles. The molecule has 0 saturated carbocycles. The van der Waals surface area contributed by atoms with Crippen LogP contribution in [0.25, 0.3) is 0 Å². The third kappa shape index (κ3) is 3.90. The zero-order chi connectivity index (χ0) is 18.9. The molecule has 0 atom stereocenters. The van der Waals surface area contributed by atoms with Gasteiger partial charge in [0.15, 0.2) is 0 Å². The van der Waals surface area contributed by atoms with Crippen molar-refractivity contribution >= 4 is 33.1 Å². The molecule has 26 heavy (non-hydrogen) atoms. The first-order valence-electron chi connectivity index (χ1n) is 7.73. The molecule has 1 aliphatic rings. The number of rotatable bonds is 3. The highest BCUT2D eigenvalue weighted by molar-refractivity contribution is 9.10. The van der Waals surface area contributed by atoms with E-state index in [1.807, 2.05) is 17.0 Å². The first-order valence-corrected chi connectivity index (χ1v) is 8.52. The number of halogens is 4. The monoisotopic (exact) mass is 430 g/mol. The molecule has 0 bridgehead atoms. The Morgan fingerprint density at radius 1 is 1.08 bits per heavy atom. The van der Waals surface area contributed by atoms with E-state index in [2.05, 4.69) is 20.9 Å². The summed E-state index contributed by atoms with van der Waals surface area (Å²) >= 11 is 3.32. The first-order chi connectivity index (χ1) is 12.3. The third-order valence-electron chi connectivity index (χ3n) is 4.16. The number of piperazine rings is 1. The Bertz CT molecular complexity index is 806. The summed E-state index contributed by atoms with van der Waals surface area (Å²) in [7, 11) is 0. The molecular weight excluding hydrogens is 417 g/mol. The van der Waals surface area contributed by atoms with Crippen molar-refractivity contribution in [3.63, 3.8) is 0 Å². The molecular formula is C16H14BrF3N4O2. The van der Waals surface area contributed by atoms with Crippen LogP contribution in [-0.2, 0) is 6.18 Å². The number of alkyl halides is 3. The Labute approximate surface area is 155 Å². The van der Waals surface area contributed by atoms with Crippen LogP contribution in [0.4, 0.5) is 30.4 Å². The second-order valence-electron chi connectivity index (χ2n) is 5.77. The molecule has 0 spiro atoms. The standard InChI is InChI=1S/C16H14BrF3N4O2/c17-12-2-4-15(21-10-12)23-7-5-22(6-8-23)13-3-1-11(16(18,19)20)9-14(13)24(25)26/h1-4,9-10H,5-8H2. The smallest absolute Gasteiger partial charge is 0.362 e. The zero-order valence-corrected chi connectivity index (χ0v) is 15.0. The molecule has 1 saturated heterocycles. The van der Waals surface area contributed by atoms with Gasteiger partial charge in [-0.1, -0.05) is 0 Å². The third-order valence-corrected chi connectivity index (χ3v) is 4.62. The van der Waals surface area contributed by atoms with Gasteiger partial charge in [0.1, 0.15) is 11.5 Å². The van der Waals surface area contributed by atoms with Crippen LogP contribution in [0.3, 0.4) is 0 Å². The van der Waals surface area contributed by atoms with Gasteiger partial charge in [0.25, 0.3) is 5.69 Å². The summed E-state index contributed by atoms with van der Waals surface area (Å²) in [4.78, 5) is 18.5. The van der Waals surface area contributed by atoms with Gasteiger partial charge >= 0.3 is 6.18 Å². The molecule has 0 aliphatic carbocycles.